The molecule has 6 nitrogen and oxygen atoms in total. The van der Waals surface area contributed by atoms with Gasteiger partial charge >= 0.3 is 5.97 Å². The molecule has 0 spiro atoms. The van der Waals surface area contributed by atoms with Crippen molar-refractivity contribution in [3.8, 4) is 0 Å². The van der Waals surface area contributed by atoms with E-state index in [1.165, 1.54) is 16.2 Å². The molecule has 0 bridgehead atoms. The summed E-state index contributed by atoms with van der Waals surface area (Å²) in [5.74, 6) is -0.853. The molecule has 3 rings (SSSR count). The molecule has 27 heavy (non-hydrogen) atoms. The molecule has 1 fully saturated rings. The highest BCUT2D eigenvalue weighted by Gasteiger charge is 2.35. The number of nitrogens with zero attached hydrogens (tertiary/aromatic N) is 1. The second-order valence-corrected chi connectivity index (χ2v) is 8.32. The number of carbonyl (C=O) groups is 3. The van der Waals surface area contributed by atoms with Crippen LogP contribution in [0.5, 0.6) is 0 Å². The van der Waals surface area contributed by atoms with Crippen molar-refractivity contribution >= 4 is 34.1 Å². The molecule has 1 atom stereocenters. The Labute approximate surface area is 164 Å². The number of fused-ring (bicyclic) bond motifs is 1. The number of carbonyl (C=O) groups excluding carboxylic acids is 3. The van der Waals surface area contributed by atoms with E-state index in [0.717, 1.165) is 44.1 Å². The average Bonchev–Trinajstić information content (AvgIpc) is 3.20. The van der Waals surface area contributed by atoms with Crippen LogP contribution in [0, 0.1) is 5.92 Å². The van der Waals surface area contributed by atoms with Crippen molar-refractivity contribution in [1.82, 2.24) is 4.90 Å². The molecule has 1 aromatic heterocycles. The standard InChI is InChI=1S/C20H28N2O4S/c1-3-5-10-22-12-13(11-16(22)23)18(24)21-19-17(20(25)26-4-2)14-8-6-7-9-15(14)27-19/h13H,3-12H2,1-2H3,(H,21,24)/t13-/m0/s1. The van der Waals surface area contributed by atoms with Crippen molar-refractivity contribution < 1.29 is 19.1 Å². The lowest BCUT2D eigenvalue weighted by Gasteiger charge is -2.16. The lowest BCUT2D eigenvalue weighted by Crippen LogP contribution is -2.29. The lowest BCUT2D eigenvalue weighted by molar-refractivity contribution is -0.128. The van der Waals surface area contributed by atoms with Gasteiger partial charge in [-0.1, -0.05) is 13.3 Å². The zero-order valence-corrected chi connectivity index (χ0v) is 17.0. The van der Waals surface area contributed by atoms with Crippen LogP contribution in [0.4, 0.5) is 5.00 Å². The Balaban J connectivity index is 1.75. The van der Waals surface area contributed by atoms with E-state index in [0.29, 0.717) is 30.3 Å². The highest BCUT2D eigenvalue weighted by atomic mass is 32.1. The van der Waals surface area contributed by atoms with Gasteiger partial charge in [-0.2, -0.15) is 0 Å². The topological polar surface area (TPSA) is 75.7 Å². The number of nitrogens with one attached hydrogen (secondary N) is 1. The summed E-state index contributed by atoms with van der Waals surface area (Å²) in [6.45, 7) is 5.34. The van der Waals surface area contributed by atoms with Crippen LogP contribution in [0.3, 0.4) is 0 Å². The first-order valence-electron chi connectivity index (χ1n) is 9.95. The molecule has 7 heteroatoms. The minimum absolute atomic E-state index is 0.0414. The monoisotopic (exact) mass is 392 g/mol. The first-order valence-corrected chi connectivity index (χ1v) is 10.8. The first-order chi connectivity index (χ1) is 13.0. The molecule has 2 aliphatic rings. The van der Waals surface area contributed by atoms with E-state index < -0.39 is 0 Å². The summed E-state index contributed by atoms with van der Waals surface area (Å²) < 4.78 is 5.23. The maximum absolute atomic E-state index is 12.8. The number of anilines is 1. The SMILES string of the molecule is CCCCN1C[C@@H](C(=O)Nc2sc3c(c2C(=O)OCC)CCCC3)CC1=O. The van der Waals surface area contributed by atoms with Gasteiger partial charge in [0.25, 0.3) is 0 Å². The van der Waals surface area contributed by atoms with Gasteiger partial charge in [0.05, 0.1) is 18.1 Å². The van der Waals surface area contributed by atoms with Crippen molar-refractivity contribution in [2.24, 2.45) is 5.92 Å². The Morgan fingerprint density at radius 2 is 2.04 bits per heavy atom. The van der Waals surface area contributed by atoms with Crippen LogP contribution in [0.15, 0.2) is 0 Å². The summed E-state index contributed by atoms with van der Waals surface area (Å²) in [6, 6.07) is 0. The lowest BCUT2D eigenvalue weighted by atomic mass is 9.95. The number of hydrogen-bond acceptors (Lipinski definition) is 5. The molecule has 1 aliphatic carbocycles. The Bertz CT molecular complexity index is 728. The van der Waals surface area contributed by atoms with Crippen LogP contribution < -0.4 is 5.32 Å². The number of amides is 2. The quantitative estimate of drug-likeness (QED) is 0.722. The van der Waals surface area contributed by atoms with Gasteiger partial charge in [0, 0.05) is 24.4 Å². The summed E-state index contributed by atoms with van der Waals surface area (Å²) in [4.78, 5) is 40.4. The largest absolute Gasteiger partial charge is 0.462 e. The highest BCUT2D eigenvalue weighted by Crippen LogP contribution is 2.39. The summed E-state index contributed by atoms with van der Waals surface area (Å²) in [5, 5.41) is 3.53. The summed E-state index contributed by atoms with van der Waals surface area (Å²) >= 11 is 1.49. The van der Waals surface area contributed by atoms with Crippen molar-refractivity contribution in [2.75, 3.05) is 25.0 Å². The summed E-state index contributed by atoms with van der Waals surface area (Å²) in [6.07, 6.45) is 6.15. The van der Waals surface area contributed by atoms with Gasteiger partial charge in [0.1, 0.15) is 5.00 Å². The number of unbranched alkanes of at least 4 members (excludes halogenated alkanes) is 1. The van der Waals surface area contributed by atoms with Crippen LogP contribution in [0.1, 0.15) is 66.8 Å². The third-order valence-corrected chi connectivity index (χ3v) is 6.46. The van der Waals surface area contributed by atoms with E-state index in [9.17, 15) is 14.4 Å². The molecule has 0 radical (unpaired) electrons. The van der Waals surface area contributed by atoms with Crippen molar-refractivity contribution in [1.29, 1.82) is 0 Å². The number of likely N-dealkylation sites (tertiary alicyclic amines) is 1. The predicted molar refractivity (Wildman–Crippen MR) is 105 cm³/mol. The van der Waals surface area contributed by atoms with Crippen LogP contribution in [-0.2, 0) is 27.2 Å². The molecule has 1 N–H and O–H groups in total. The van der Waals surface area contributed by atoms with Gasteiger partial charge in [-0.05, 0) is 44.6 Å². The van der Waals surface area contributed by atoms with Gasteiger partial charge in [-0.3, -0.25) is 9.59 Å². The summed E-state index contributed by atoms with van der Waals surface area (Å²) in [5.41, 5.74) is 1.56. The second-order valence-electron chi connectivity index (χ2n) is 7.22. The Hall–Kier alpha value is -1.89. The Morgan fingerprint density at radius 3 is 2.78 bits per heavy atom. The number of rotatable bonds is 7. The molecule has 0 unspecified atom stereocenters. The van der Waals surface area contributed by atoms with Gasteiger partial charge in [0.2, 0.25) is 11.8 Å². The zero-order valence-electron chi connectivity index (χ0n) is 16.1. The highest BCUT2D eigenvalue weighted by molar-refractivity contribution is 7.17. The molecule has 1 aliphatic heterocycles. The Morgan fingerprint density at radius 1 is 1.26 bits per heavy atom. The van der Waals surface area contributed by atoms with E-state index in [1.807, 2.05) is 0 Å². The molecule has 148 valence electrons. The minimum Gasteiger partial charge on any atom is -0.462 e. The molecule has 1 aromatic rings. The van der Waals surface area contributed by atoms with E-state index in [2.05, 4.69) is 12.2 Å². The van der Waals surface area contributed by atoms with E-state index in [-0.39, 0.29) is 30.1 Å². The van der Waals surface area contributed by atoms with E-state index in [1.54, 1.807) is 11.8 Å². The fraction of sp³-hybridized carbons (Fsp3) is 0.650. The second kappa shape index (κ2) is 8.87. The van der Waals surface area contributed by atoms with Crippen molar-refractivity contribution in [3.05, 3.63) is 16.0 Å². The smallest absolute Gasteiger partial charge is 0.341 e. The number of thiophene rings is 1. The molecule has 1 saturated heterocycles. The number of hydrogen-bond donors (Lipinski definition) is 1. The minimum atomic E-state index is -0.362. The van der Waals surface area contributed by atoms with Crippen LogP contribution in [0.2, 0.25) is 0 Å². The molecular weight excluding hydrogens is 364 g/mol. The molecule has 2 amide bonds. The number of esters is 1. The maximum atomic E-state index is 12.8. The first kappa shape index (κ1) is 19.9. The van der Waals surface area contributed by atoms with Crippen LogP contribution >= 0.6 is 11.3 Å². The predicted octanol–water partition coefficient (Wildman–Crippen LogP) is 3.39. The van der Waals surface area contributed by atoms with Gasteiger partial charge in [0.15, 0.2) is 0 Å². The third-order valence-electron chi connectivity index (χ3n) is 5.25. The molecule has 2 heterocycles. The molecule has 0 aromatic carbocycles. The van der Waals surface area contributed by atoms with Gasteiger partial charge in [-0.25, -0.2) is 4.79 Å². The van der Waals surface area contributed by atoms with Crippen molar-refractivity contribution in [3.63, 3.8) is 0 Å². The molecular formula is C20H28N2O4S. The van der Waals surface area contributed by atoms with Crippen LogP contribution in [0.25, 0.3) is 0 Å². The fourth-order valence-electron chi connectivity index (χ4n) is 3.80. The van der Waals surface area contributed by atoms with Gasteiger partial charge < -0.3 is 15.0 Å². The third kappa shape index (κ3) is 4.34. The Kier molecular flexibility index (Phi) is 6.52. The zero-order chi connectivity index (χ0) is 19.4. The average molecular weight is 393 g/mol. The normalized spacial score (nSPS) is 19.1. The van der Waals surface area contributed by atoms with Crippen molar-refractivity contribution in [2.45, 2.75) is 58.8 Å². The number of aryl methyl sites for hydroxylation is 1. The fourth-order valence-corrected chi connectivity index (χ4v) is 5.08. The van der Waals surface area contributed by atoms with Crippen LogP contribution in [-0.4, -0.2) is 42.4 Å². The maximum Gasteiger partial charge on any atom is 0.341 e. The van der Waals surface area contributed by atoms with E-state index >= 15 is 0 Å². The molecule has 0 saturated carbocycles. The summed E-state index contributed by atoms with van der Waals surface area (Å²) in [7, 11) is 0. The van der Waals surface area contributed by atoms with Gasteiger partial charge in [-0.15, -0.1) is 11.3 Å². The number of ether oxygens (including phenoxy) is 1. The van der Waals surface area contributed by atoms with E-state index in [4.69, 9.17) is 4.74 Å².